The first-order chi connectivity index (χ1) is 19.9. The number of rotatable bonds is 9. The molecule has 41 heavy (non-hydrogen) atoms. The third-order valence-electron chi connectivity index (χ3n) is 8.97. The molecule has 2 aliphatic carbocycles. The van der Waals surface area contributed by atoms with Gasteiger partial charge in [-0.2, -0.15) is 5.26 Å². The Hall–Kier alpha value is -3.66. The van der Waals surface area contributed by atoms with Crippen LogP contribution in [-0.2, 0) is 0 Å². The Kier molecular flexibility index (Phi) is 10.6. The van der Waals surface area contributed by atoms with Crippen molar-refractivity contribution in [3.05, 3.63) is 82.3 Å². The van der Waals surface area contributed by atoms with Gasteiger partial charge in [0.1, 0.15) is 0 Å². The van der Waals surface area contributed by atoms with Crippen LogP contribution in [0.15, 0.2) is 65.3 Å². The first kappa shape index (κ1) is 30.3. The number of quaternary nitrogens is 1. The number of aromatic nitrogens is 1. The van der Waals surface area contributed by atoms with Crippen LogP contribution in [0.1, 0.15) is 76.2 Å². The van der Waals surface area contributed by atoms with E-state index in [2.05, 4.69) is 54.1 Å². The van der Waals surface area contributed by atoms with Crippen molar-refractivity contribution >= 4 is 5.57 Å². The molecule has 4 rings (SSSR count). The van der Waals surface area contributed by atoms with E-state index in [1.807, 2.05) is 12.1 Å². The quantitative estimate of drug-likeness (QED) is 0.106. The average molecular weight is 550 g/mol. The largest absolute Gasteiger partial charge is 0.368 e. The molecule has 2 unspecified atom stereocenters. The van der Waals surface area contributed by atoms with Gasteiger partial charge in [-0.3, -0.25) is 4.98 Å². The minimum absolute atomic E-state index is 0.0872. The van der Waals surface area contributed by atoms with Gasteiger partial charge in [-0.1, -0.05) is 43.7 Å². The summed E-state index contributed by atoms with van der Waals surface area (Å²) < 4.78 is 0.973. The molecule has 6 nitrogen and oxygen atoms in total. The third-order valence-corrected chi connectivity index (χ3v) is 8.97. The monoisotopic (exact) mass is 549 g/mol. The van der Waals surface area contributed by atoms with Gasteiger partial charge in [0.2, 0.25) is 0 Å². The second kappa shape index (κ2) is 14.3. The highest BCUT2D eigenvalue weighted by atomic mass is 15.3. The van der Waals surface area contributed by atoms with E-state index in [9.17, 15) is 10.5 Å². The summed E-state index contributed by atoms with van der Waals surface area (Å²) in [5.41, 5.74) is 4.01. The molecular weight excluding hydrogens is 504 g/mol. The third kappa shape index (κ3) is 7.75. The average Bonchev–Trinajstić information content (AvgIpc) is 2.99. The molecule has 2 saturated carbocycles. The molecule has 1 aromatic rings. The smallest absolute Gasteiger partial charge is 0.270 e. The van der Waals surface area contributed by atoms with E-state index < -0.39 is 0 Å². The Morgan fingerprint density at radius 2 is 1.83 bits per heavy atom. The van der Waals surface area contributed by atoms with Crippen LogP contribution in [0.25, 0.3) is 10.4 Å². The standard InChI is InChI=1S/C35H45N6/c1-38-33(25-37)35(29-15-12-20-39-26-29)28(24-36)18-19-30-23-32(27-13-6-5-7-14-27)31-16-8-9-17-34(31)40(30)21-10-11-22-41(2,3)4/h12,15,18-20,23,26-27,31,34H,5-11,13-14,16-17,21-22H2,2-4H3/q+1/b28-18+,30-19+,35-33+. The lowest BCUT2D eigenvalue weighted by atomic mass is 9.69. The van der Waals surface area contributed by atoms with Gasteiger partial charge in [0.05, 0.1) is 52.0 Å². The molecular formula is C35H45N6+. The predicted molar refractivity (Wildman–Crippen MR) is 164 cm³/mol. The van der Waals surface area contributed by atoms with Crippen LogP contribution >= 0.6 is 0 Å². The molecule has 2 heterocycles. The van der Waals surface area contributed by atoms with E-state index in [0.29, 0.717) is 34.6 Å². The van der Waals surface area contributed by atoms with E-state index in [0.717, 1.165) is 24.0 Å². The van der Waals surface area contributed by atoms with Crippen LogP contribution in [0.2, 0.25) is 0 Å². The summed E-state index contributed by atoms with van der Waals surface area (Å²) in [7, 11) is 6.76. The Bertz CT molecular complexity index is 1280. The zero-order valence-corrected chi connectivity index (χ0v) is 25.1. The van der Waals surface area contributed by atoms with Crippen molar-refractivity contribution in [1.29, 1.82) is 10.5 Å². The molecule has 3 aliphatic rings. The van der Waals surface area contributed by atoms with E-state index in [1.54, 1.807) is 30.1 Å². The molecule has 2 atom stereocenters. The van der Waals surface area contributed by atoms with Crippen LogP contribution in [0, 0.1) is 41.1 Å². The Morgan fingerprint density at radius 1 is 1.07 bits per heavy atom. The van der Waals surface area contributed by atoms with Crippen LogP contribution in [0.3, 0.4) is 0 Å². The molecule has 0 N–H and O–H groups in total. The lowest BCUT2D eigenvalue weighted by molar-refractivity contribution is -0.870. The minimum Gasteiger partial charge on any atom is -0.368 e. The summed E-state index contributed by atoms with van der Waals surface area (Å²) in [5.74, 6) is 1.29. The number of allylic oxidation sites excluding steroid dienone is 6. The lowest BCUT2D eigenvalue weighted by Crippen LogP contribution is -2.47. The molecule has 1 aliphatic heterocycles. The van der Waals surface area contributed by atoms with Gasteiger partial charge in [-0.05, 0) is 74.3 Å². The first-order valence-electron chi connectivity index (χ1n) is 15.4. The van der Waals surface area contributed by atoms with E-state index in [4.69, 9.17) is 6.57 Å². The maximum Gasteiger partial charge on any atom is 0.270 e. The van der Waals surface area contributed by atoms with Gasteiger partial charge in [0, 0.05) is 42.2 Å². The summed E-state index contributed by atoms with van der Waals surface area (Å²) in [6, 6.07) is 8.38. The molecule has 0 amide bonds. The molecule has 0 saturated heterocycles. The van der Waals surface area contributed by atoms with Crippen molar-refractivity contribution in [2.75, 3.05) is 34.2 Å². The number of hydrogen-bond donors (Lipinski definition) is 0. The highest BCUT2D eigenvalue weighted by Gasteiger charge is 2.39. The van der Waals surface area contributed by atoms with Crippen molar-refractivity contribution in [1.82, 2.24) is 9.88 Å². The fourth-order valence-corrected chi connectivity index (χ4v) is 7.00. The summed E-state index contributed by atoms with van der Waals surface area (Å²) in [6.07, 6.45) is 23.6. The van der Waals surface area contributed by atoms with Gasteiger partial charge in [-0.25, -0.2) is 10.1 Å². The Labute approximate surface area is 247 Å². The van der Waals surface area contributed by atoms with Crippen LogP contribution in [0.5, 0.6) is 0 Å². The predicted octanol–water partition coefficient (Wildman–Crippen LogP) is 7.44. The van der Waals surface area contributed by atoms with Crippen molar-refractivity contribution in [2.24, 2.45) is 11.8 Å². The summed E-state index contributed by atoms with van der Waals surface area (Å²) in [4.78, 5) is 10.3. The molecule has 0 spiro atoms. The van der Waals surface area contributed by atoms with Crippen LogP contribution in [0.4, 0.5) is 0 Å². The van der Waals surface area contributed by atoms with Crippen molar-refractivity contribution in [2.45, 2.75) is 76.7 Å². The molecule has 2 fully saturated rings. The molecule has 214 valence electrons. The van der Waals surface area contributed by atoms with Gasteiger partial charge < -0.3 is 9.38 Å². The highest BCUT2D eigenvalue weighted by Crippen LogP contribution is 2.46. The van der Waals surface area contributed by atoms with Crippen molar-refractivity contribution in [3.8, 4) is 12.1 Å². The fraction of sp³-hybridized carbons (Fsp3) is 0.543. The van der Waals surface area contributed by atoms with Gasteiger partial charge in [0.15, 0.2) is 0 Å². The maximum absolute atomic E-state index is 10.2. The number of pyridine rings is 1. The van der Waals surface area contributed by atoms with Crippen LogP contribution < -0.4 is 0 Å². The van der Waals surface area contributed by atoms with Gasteiger partial charge in [-0.15, -0.1) is 0 Å². The van der Waals surface area contributed by atoms with Gasteiger partial charge >= 0.3 is 0 Å². The highest BCUT2D eigenvalue weighted by molar-refractivity contribution is 5.87. The second-order valence-corrected chi connectivity index (χ2v) is 12.8. The summed E-state index contributed by atoms with van der Waals surface area (Å²) in [5, 5.41) is 20.0. The van der Waals surface area contributed by atoms with Crippen molar-refractivity contribution in [3.63, 3.8) is 0 Å². The topological polar surface area (TPSA) is 68.1 Å². The molecule has 0 radical (unpaired) electrons. The van der Waals surface area contributed by atoms with Crippen LogP contribution in [-0.4, -0.2) is 54.6 Å². The SMILES string of the molecule is [C-]#[N+]\C(C#N)=C(/C(C#N)=C/C=C1\C=C(C2CCCCC2)C2CCCCC2N1CCCC[N+](C)(C)C)c1cccnc1. The summed E-state index contributed by atoms with van der Waals surface area (Å²) >= 11 is 0. The number of fused-ring (bicyclic) bond motifs is 1. The first-order valence-corrected chi connectivity index (χ1v) is 15.4. The maximum atomic E-state index is 10.2. The molecule has 0 bridgehead atoms. The van der Waals surface area contributed by atoms with E-state index in [1.165, 1.54) is 69.9 Å². The minimum atomic E-state index is -0.0872. The summed E-state index contributed by atoms with van der Waals surface area (Å²) in [6.45, 7) is 9.76. The number of nitriles is 2. The number of unbranched alkanes of at least 4 members (excludes halogenated alkanes) is 1. The van der Waals surface area contributed by atoms with E-state index in [-0.39, 0.29) is 5.70 Å². The molecule has 6 heteroatoms. The number of nitrogens with zero attached hydrogens (tertiary/aromatic N) is 6. The molecule has 1 aromatic heterocycles. The van der Waals surface area contributed by atoms with E-state index >= 15 is 0 Å². The zero-order valence-electron chi connectivity index (χ0n) is 25.1. The van der Waals surface area contributed by atoms with Gasteiger partial charge in [0.25, 0.3) is 5.70 Å². The van der Waals surface area contributed by atoms with Crippen molar-refractivity contribution < 1.29 is 4.48 Å². The number of hydrogen-bond acceptors (Lipinski definition) is 4. The normalized spacial score (nSPS) is 23.5. The lowest BCUT2D eigenvalue weighted by Gasteiger charge is -2.48. The second-order valence-electron chi connectivity index (χ2n) is 12.8. The Balaban J connectivity index is 1.77. The Morgan fingerprint density at radius 3 is 2.49 bits per heavy atom. The fourth-order valence-electron chi connectivity index (χ4n) is 7.00. The molecule has 0 aromatic carbocycles. The zero-order chi connectivity index (χ0) is 29.2.